The lowest BCUT2D eigenvalue weighted by atomic mass is 10.3. The largest absolute Gasteiger partial charge is 0.302 e. The Hall–Kier alpha value is -0.0600. The molecule has 4 heteroatoms. The molecule has 0 heterocycles. The van der Waals surface area contributed by atoms with Crippen LogP contribution in [0.5, 0.6) is 0 Å². The van der Waals surface area contributed by atoms with Crippen molar-refractivity contribution in [1.29, 1.82) is 0 Å². The van der Waals surface area contributed by atoms with E-state index in [1.165, 1.54) is 5.37 Å². The molecule has 0 radical (unpaired) electrons. The topological polar surface area (TPSA) is 49.3 Å². The van der Waals surface area contributed by atoms with Gasteiger partial charge in [-0.05, 0) is 12.8 Å². The second kappa shape index (κ2) is 6.46. The number of unbranched alkanes of at least 4 members (excludes halogenated alkanes) is 2. The summed E-state index contributed by atoms with van der Waals surface area (Å²) in [4.78, 5) is 0. The second-order valence-electron chi connectivity index (χ2n) is 2.77. The fourth-order valence-corrected chi connectivity index (χ4v) is 1.84. The monoisotopic (exact) mass is 193 g/mol. The highest BCUT2D eigenvalue weighted by molar-refractivity contribution is 7.94. The first-order valence-electron chi connectivity index (χ1n) is 4.47. The van der Waals surface area contributed by atoms with Gasteiger partial charge in [0.15, 0.2) is 0 Å². The molecule has 0 saturated carbocycles. The zero-order chi connectivity index (χ0) is 9.45. The predicted molar refractivity (Wildman–Crippen MR) is 54.7 cm³/mol. The number of hydrogen-bond donors (Lipinski definition) is 2. The lowest BCUT2D eigenvalue weighted by Gasteiger charge is -2.04. The highest BCUT2D eigenvalue weighted by Gasteiger charge is 1.97. The van der Waals surface area contributed by atoms with Crippen LogP contribution >= 0.6 is 0 Å². The van der Waals surface area contributed by atoms with E-state index in [1.807, 2.05) is 6.92 Å². The van der Waals surface area contributed by atoms with Gasteiger partial charge in [-0.3, -0.25) is 0 Å². The van der Waals surface area contributed by atoms with E-state index in [9.17, 15) is 8.76 Å². The maximum Gasteiger partial charge on any atom is 0.141 e. The molecule has 0 fully saturated rings. The van der Waals surface area contributed by atoms with Gasteiger partial charge in [-0.1, -0.05) is 26.7 Å². The van der Waals surface area contributed by atoms with E-state index >= 15 is 0 Å². The van der Waals surface area contributed by atoms with Crippen LogP contribution in [0.3, 0.4) is 0 Å². The number of nitrogens with one attached hydrogen (secondary N) is 1. The van der Waals surface area contributed by atoms with Gasteiger partial charge in [0, 0.05) is 11.9 Å². The molecule has 1 unspecified atom stereocenters. The van der Waals surface area contributed by atoms with Gasteiger partial charge in [-0.25, -0.2) is 8.93 Å². The summed E-state index contributed by atoms with van der Waals surface area (Å²) in [6.07, 6.45) is 3.58. The molecule has 12 heavy (non-hydrogen) atoms. The summed E-state index contributed by atoms with van der Waals surface area (Å²) in [6.45, 7) is 4.65. The van der Waals surface area contributed by atoms with Crippen molar-refractivity contribution in [2.45, 2.75) is 39.5 Å². The smallest absolute Gasteiger partial charge is 0.141 e. The van der Waals surface area contributed by atoms with Gasteiger partial charge >= 0.3 is 0 Å². The van der Waals surface area contributed by atoms with Crippen molar-refractivity contribution in [2.75, 3.05) is 6.54 Å². The van der Waals surface area contributed by atoms with Crippen LogP contribution in [0.2, 0.25) is 0 Å². The lowest BCUT2D eigenvalue weighted by Crippen LogP contribution is -2.25. The van der Waals surface area contributed by atoms with E-state index in [0.717, 1.165) is 19.3 Å². The van der Waals surface area contributed by atoms with Crippen LogP contribution in [-0.2, 0) is 9.99 Å². The minimum atomic E-state index is -2.84. The highest BCUT2D eigenvalue weighted by atomic mass is 32.2. The molecule has 74 valence electrons. The summed E-state index contributed by atoms with van der Waals surface area (Å²) < 4.78 is 23.1. The van der Waals surface area contributed by atoms with Crippen LogP contribution in [0, 0.1) is 0 Å². The third-order valence-corrected chi connectivity index (χ3v) is 2.78. The zero-order valence-corrected chi connectivity index (χ0v) is 8.69. The number of rotatable bonds is 6. The molecule has 0 rings (SSSR count). The molecule has 0 spiro atoms. The van der Waals surface area contributed by atoms with Crippen LogP contribution in [0.15, 0.2) is 0 Å². The van der Waals surface area contributed by atoms with Crippen molar-refractivity contribution in [3.63, 3.8) is 0 Å². The maximum absolute atomic E-state index is 11.2. The second-order valence-corrected chi connectivity index (χ2v) is 4.53. The van der Waals surface area contributed by atoms with E-state index in [4.69, 9.17) is 0 Å². The summed E-state index contributed by atoms with van der Waals surface area (Å²) in [6, 6.07) is 0. The van der Waals surface area contributed by atoms with Crippen molar-refractivity contribution >= 4 is 15.4 Å². The maximum atomic E-state index is 11.2. The molecule has 0 saturated heterocycles. The fourth-order valence-electron chi connectivity index (χ4n) is 0.732. The Bertz CT molecular complexity index is 207. The number of hydrogen-bond acceptors (Lipinski definition) is 1. The van der Waals surface area contributed by atoms with Crippen molar-refractivity contribution in [1.82, 2.24) is 4.72 Å². The summed E-state index contributed by atoms with van der Waals surface area (Å²) in [5, 5.41) is 1.46. The zero-order valence-electron chi connectivity index (χ0n) is 7.88. The van der Waals surface area contributed by atoms with Crippen LogP contribution in [0.4, 0.5) is 0 Å². The minimum Gasteiger partial charge on any atom is -0.302 e. The van der Waals surface area contributed by atoms with Gasteiger partial charge in [0.05, 0.1) is 0 Å². The first-order valence-corrected chi connectivity index (χ1v) is 6.04. The summed E-state index contributed by atoms with van der Waals surface area (Å²) in [5.74, 6) is 0. The molecular formula is C8H19NO2S. The average Bonchev–Trinajstić information content (AvgIpc) is 2.01. The van der Waals surface area contributed by atoms with E-state index < -0.39 is 9.99 Å². The summed E-state index contributed by atoms with van der Waals surface area (Å²) in [5.41, 5.74) is 0. The van der Waals surface area contributed by atoms with Gasteiger partial charge < -0.3 is 4.55 Å². The SMILES string of the molecule is CCCC=S(=O)(O)NCCCC. The van der Waals surface area contributed by atoms with E-state index in [2.05, 4.69) is 11.6 Å². The Morgan fingerprint density at radius 1 is 1.42 bits per heavy atom. The molecule has 0 bridgehead atoms. The van der Waals surface area contributed by atoms with Crippen molar-refractivity contribution in [3.8, 4) is 0 Å². The Morgan fingerprint density at radius 3 is 2.58 bits per heavy atom. The van der Waals surface area contributed by atoms with Gasteiger partial charge in [0.2, 0.25) is 0 Å². The Kier molecular flexibility index (Phi) is 6.42. The lowest BCUT2D eigenvalue weighted by molar-refractivity contribution is 0.541. The molecule has 0 aromatic heterocycles. The van der Waals surface area contributed by atoms with Crippen LogP contribution in [0.1, 0.15) is 39.5 Å². The molecule has 0 amide bonds. The third-order valence-electron chi connectivity index (χ3n) is 1.47. The fraction of sp³-hybridized carbons (Fsp3) is 0.875. The molecule has 0 aromatic carbocycles. The molecule has 0 aliphatic carbocycles. The van der Waals surface area contributed by atoms with Crippen molar-refractivity contribution < 1.29 is 8.76 Å². The average molecular weight is 193 g/mol. The Balaban J connectivity index is 3.79. The summed E-state index contributed by atoms with van der Waals surface area (Å²) in [7, 11) is -2.84. The quantitative estimate of drug-likeness (QED) is 0.498. The molecule has 3 nitrogen and oxygen atoms in total. The first kappa shape index (κ1) is 11.9. The van der Waals surface area contributed by atoms with Crippen molar-refractivity contribution in [3.05, 3.63) is 0 Å². The predicted octanol–water partition coefficient (Wildman–Crippen LogP) is 1.65. The van der Waals surface area contributed by atoms with Gasteiger partial charge in [-0.2, -0.15) is 0 Å². The van der Waals surface area contributed by atoms with Crippen LogP contribution < -0.4 is 4.72 Å². The standard InChI is InChI=1S/C8H19NO2S/c1-3-5-7-9-12(10,11)8-6-4-2/h8H,3-7H2,1-2H3,(H2,9,10,11). The minimum absolute atomic E-state index is 0.617. The molecule has 2 N–H and O–H groups in total. The van der Waals surface area contributed by atoms with E-state index in [0.29, 0.717) is 13.0 Å². The van der Waals surface area contributed by atoms with E-state index in [1.54, 1.807) is 0 Å². The van der Waals surface area contributed by atoms with Gasteiger partial charge in [-0.15, -0.1) is 0 Å². The first-order chi connectivity index (χ1) is 5.62. The van der Waals surface area contributed by atoms with Gasteiger partial charge in [0.25, 0.3) is 0 Å². The molecule has 0 aromatic rings. The summed E-state index contributed by atoms with van der Waals surface area (Å²) >= 11 is 0. The highest BCUT2D eigenvalue weighted by Crippen LogP contribution is 1.88. The Labute approximate surface area is 75.5 Å². The Morgan fingerprint density at radius 2 is 2.08 bits per heavy atom. The van der Waals surface area contributed by atoms with Gasteiger partial charge in [0.1, 0.15) is 9.99 Å². The van der Waals surface area contributed by atoms with Crippen LogP contribution in [0.25, 0.3) is 0 Å². The molecule has 0 aliphatic heterocycles. The van der Waals surface area contributed by atoms with Crippen molar-refractivity contribution in [2.24, 2.45) is 0 Å². The van der Waals surface area contributed by atoms with Crippen LogP contribution in [-0.4, -0.2) is 20.7 Å². The van der Waals surface area contributed by atoms with E-state index in [-0.39, 0.29) is 0 Å². The molecule has 1 atom stereocenters. The molecule has 0 aliphatic rings. The molecular weight excluding hydrogens is 174 g/mol. The normalized spacial score (nSPS) is 15.6. The third kappa shape index (κ3) is 6.64.